The number of sulfonamides is 1. The maximum atomic E-state index is 12.7. The molecule has 1 fully saturated rings. The van der Waals surface area contributed by atoms with Crippen molar-refractivity contribution in [1.29, 1.82) is 5.26 Å². The third-order valence-corrected chi connectivity index (χ3v) is 4.91. The predicted octanol–water partition coefficient (Wildman–Crippen LogP) is 1.61. The van der Waals surface area contributed by atoms with Crippen LogP contribution in [-0.2, 0) is 16.2 Å². The molecule has 1 aromatic carbocycles. The molecule has 0 spiro atoms. The molecule has 2 rings (SSSR count). The maximum Gasteiger partial charge on any atom is 0.417 e. The molecular formula is C13H14F3N3O2S. The van der Waals surface area contributed by atoms with E-state index in [4.69, 9.17) is 5.26 Å². The van der Waals surface area contributed by atoms with Crippen LogP contribution in [0.4, 0.5) is 13.2 Å². The van der Waals surface area contributed by atoms with Crippen molar-refractivity contribution < 1.29 is 21.6 Å². The Morgan fingerprint density at radius 1 is 1.27 bits per heavy atom. The van der Waals surface area contributed by atoms with Crippen LogP contribution in [0.5, 0.6) is 0 Å². The van der Waals surface area contributed by atoms with E-state index in [-0.39, 0.29) is 10.9 Å². The van der Waals surface area contributed by atoms with Gasteiger partial charge in [-0.3, -0.25) is 0 Å². The number of benzene rings is 1. The summed E-state index contributed by atoms with van der Waals surface area (Å²) in [5.41, 5.74) is -1.85. The molecule has 0 atom stereocenters. The first kappa shape index (κ1) is 16.7. The molecule has 0 bridgehead atoms. The highest BCUT2D eigenvalue weighted by Crippen LogP contribution is 2.32. The summed E-state index contributed by atoms with van der Waals surface area (Å²) in [4.78, 5) is -0.337. The molecule has 2 N–H and O–H groups in total. The second-order valence-electron chi connectivity index (χ2n) is 4.96. The Bertz CT molecular complexity index is 689. The van der Waals surface area contributed by atoms with Crippen molar-refractivity contribution in [2.45, 2.75) is 30.0 Å². The van der Waals surface area contributed by atoms with Crippen LogP contribution in [0.3, 0.4) is 0 Å². The van der Waals surface area contributed by atoms with Crippen molar-refractivity contribution >= 4 is 10.0 Å². The van der Waals surface area contributed by atoms with Crippen molar-refractivity contribution in [3.63, 3.8) is 0 Å². The molecule has 0 amide bonds. The van der Waals surface area contributed by atoms with Crippen molar-refractivity contribution in [2.75, 3.05) is 13.1 Å². The standard InChI is InChI=1S/C13H14F3N3O2S/c14-13(15,16)12-2-1-11(7-9(12)8-17)22(20,21)19-10-3-5-18-6-4-10/h1-2,7,10,18-19H,3-6H2. The third-order valence-electron chi connectivity index (χ3n) is 3.39. The molecule has 0 saturated carbocycles. The van der Waals surface area contributed by atoms with Gasteiger partial charge in [-0.15, -0.1) is 0 Å². The Balaban J connectivity index is 2.30. The molecule has 0 radical (unpaired) electrons. The molecule has 5 nitrogen and oxygen atoms in total. The highest BCUT2D eigenvalue weighted by molar-refractivity contribution is 7.89. The van der Waals surface area contributed by atoms with E-state index in [0.717, 1.165) is 12.1 Å². The smallest absolute Gasteiger partial charge is 0.317 e. The SMILES string of the molecule is N#Cc1cc(S(=O)(=O)NC2CCNCC2)ccc1C(F)(F)F. The van der Waals surface area contributed by atoms with E-state index in [1.165, 1.54) is 6.07 Å². The zero-order valence-electron chi connectivity index (χ0n) is 11.4. The normalized spacial score (nSPS) is 17.2. The molecule has 1 aliphatic heterocycles. The first-order chi connectivity index (χ1) is 10.2. The minimum absolute atomic E-state index is 0.265. The summed E-state index contributed by atoms with van der Waals surface area (Å²) in [6.07, 6.45) is -3.49. The van der Waals surface area contributed by atoms with Crippen molar-refractivity contribution in [2.24, 2.45) is 0 Å². The first-order valence-corrected chi connectivity index (χ1v) is 8.07. The van der Waals surface area contributed by atoms with Gasteiger partial charge in [-0.2, -0.15) is 18.4 Å². The third kappa shape index (κ3) is 3.76. The average Bonchev–Trinajstić information content (AvgIpc) is 2.46. The number of alkyl halides is 3. The summed E-state index contributed by atoms with van der Waals surface area (Å²) < 4.78 is 65.0. The van der Waals surface area contributed by atoms with Crippen LogP contribution in [0, 0.1) is 11.3 Å². The number of halogens is 3. The van der Waals surface area contributed by atoms with Crippen LogP contribution in [0.1, 0.15) is 24.0 Å². The maximum absolute atomic E-state index is 12.7. The van der Waals surface area contributed by atoms with Gasteiger partial charge in [-0.1, -0.05) is 0 Å². The summed E-state index contributed by atoms with van der Waals surface area (Å²) >= 11 is 0. The van der Waals surface area contributed by atoms with Gasteiger partial charge >= 0.3 is 6.18 Å². The molecule has 0 aliphatic carbocycles. The van der Waals surface area contributed by atoms with Crippen LogP contribution in [0.2, 0.25) is 0 Å². The van der Waals surface area contributed by atoms with Gasteiger partial charge in [0.25, 0.3) is 0 Å². The van der Waals surface area contributed by atoms with Crippen LogP contribution in [0.25, 0.3) is 0 Å². The molecule has 9 heteroatoms. The Hall–Kier alpha value is -1.63. The highest BCUT2D eigenvalue weighted by atomic mass is 32.2. The lowest BCUT2D eigenvalue weighted by Crippen LogP contribution is -2.42. The largest absolute Gasteiger partial charge is 0.417 e. The molecule has 0 unspecified atom stereocenters. The number of nitrogens with zero attached hydrogens (tertiary/aromatic N) is 1. The predicted molar refractivity (Wildman–Crippen MR) is 72.4 cm³/mol. The molecule has 1 heterocycles. The topological polar surface area (TPSA) is 82.0 Å². The molecular weight excluding hydrogens is 319 g/mol. The molecule has 1 saturated heterocycles. The van der Waals surface area contributed by atoms with E-state index in [1.54, 1.807) is 0 Å². The second kappa shape index (κ2) is 6.24. The lowest BCUT2D eigenvalue weighted by molar-refractivity contribution is -0.137. The lowest BCUT2D eigenvalue weighted by Gasteiger charge is -2.23. The lowest BCUT2D eigenvalue weighted by atomic mass is 10.1. The van der Waals surface area contributed by atoms with Gasteiger partial charge in [0, 0.05) is 6.04 Å². The van der Waals surface area contributed by atoms with Gasteiger partial charge in [0.05, 0.1) is 22.1 Å². The summed E-state index contributed by atoms with van der Waals surface area (Å²) in [7, 11) is -3.95. The fourth-order valence-corrected chi connectivity index (χ4v) is 3.59. The zero-order valence-corrected chi connectivity index (χ0v) is 12.3. The van der Waals surface area contributed by atoms with E-state index < -0.39 is 27.3 Å². The Kier molecular flexibility index (Phi) is 4.75. The van der Waals surface area contributed by atoms with E-state index in [0.29, 0.717) is 32.0 Å². The van der Waals surface area contributed by atoms with Crippen LogP contribution in [0.15, 0.2) is 23.1 Å². The van der Waals surface area contributed by atoms with Crippen LogP contribution >= 0.6 is 0 Å². The minimum Gasteiger partial charge on any atom is -0.317 e. The summed E-state index contributed by atoms with van der Waals surface area (Å²) in [5, 5.41) is 11.9. The van der Waals surface area contributed by atoms with E-state index in [2.05, 4.69) is 10.0 Å². The van der Waals surface area contributed by atoms with E-state index >= 15 is 0 Å². The first-order valence-electron chi connectivity index (χ1n) is 6.58. The number of rotatable bonds is 3. The Labute approximate surface area is 126 Å². The fourth-order valence-electron chi connectivity index (χ4n) is 2.26. The van der Waals surface area contributed by atoms with Crippen LogP contribution in [-0.4, -0.2) is 27.5 Å². The zero-order chi connectivity index (χ0) is 16.4. The van der Waals surface area contributed by atoms with Crippen molar-refractivity contribution in [3.8, 4) is 6.07 Å². The average molecular weight is 333 g/mol. The molecule has 1 aliphatic rings. The Morgan fingerprint density at radius 3 is 2.45 bits per heavy atom. The van der Waals surface area contributed by atoms with Gasteiger partial charge in [0.2, 0.25) is 10.0 Å². The Morgan fingerprint density at radius 2 is 1.91 bits per heavy atom. The number of hydrogen-bond donors (Lipinski definition) is 2. The van der Waals surface area contributed by atoms with Crippen molar-refractivity contribution in [3.05, 3.63) is 29.3 Å². The van der Waals surface area contributed by atoms with Gasteiger partial charge in [-0.25, -0.2) is 13.1 Å². The number of hydrogen-bond acceptors (Lipinski definition) is 4. The second-order valence-corrected chi connectivity index (χ2v) is 6.68. The molecule has 1 aromatic rings. The van der Waals surface area contributed by atoms with Crippen LogP contribution < -0.4 is 10.0 Å². The van der Waals surface area contributed by atoms with E-state index in [9.17, 15) is 21.6 Å². The summed E-state index contributed by atoms with van der Waals surface area (Å²) in [6.45, 7) is 1.34. The number of nitriles is 1. The summed E-state index contributed by atoms with van der Waals surface area (Å²) in [5.74, 6) is 0. The van der Waals surface area contributed by atoms with E-state index in [1.807, 2.05) is 0 Å². The molecule has 120 valence electrons. The van der Waals surface area contributed by atoms with Gasteiger partial charge in [-0.05, 0) is 44.1 Å². The highest BCUT2D eigenvalue weighted by Gasteiger charge is 2.34. The number of piperidine rings is 1. The van der Waals surface area contributed by atoms with Crippen molar-refractivity contribution in [1.82, 2.24) is 10.0 Å². The number of nitrogens with one attached hydrogen (secondary N) is 2. The molecule has 22 heavy (non-hydrogen) atoms. The minimum atomic E-state index is -4.70. The molecule has 0 aromatic heterocycles. The van der Waals surface area contributed by atoms with Gasteiger partial charge in [0.15, 0.2) is 0 Å². The van der Waals surface area contributed by atoms with Gasteiger partial charge in [0.1, 0.15) is 0 Å². The monoisotopic (exact) mass is 333 g/mol. The van der Waals surface area contributed by atoms with Gasteiger partial charge < -0.3 is 5.32 Å². The summed E-state index contributed by atoms with van der Waals surface area (Å²) in [6, 6.07) is 3.38. The quantitative estimate of drug-likeness (QED) is 0.880. The fraction of sp³-hybridized carbons (Fsp3) is 0.462.